The molecular weight excluding hydrogens is 263 g/mol. The second-order valence-corrected chi connectivity index (χ2v) is 3.76. The summed E-state index contributed by atoms with van der Waals surface area (Å²) < 4.78 is 43.1. The maximum Gasteiger partial charge on any atom is 0.416 e. The van der Waals surface area contributed by atoms with E-state index in [1.165, 1.54) is 18.2 Å². The third-order valence-corrected chi connectivity index (χ3v) is 2.44. The van der Waals surface area contributed by atoms with Gasteiger partial charge in [0.2, 0.25) is 0 Å². The zero-order valence-corrected chi connectivity index (χ0v) is 9.44. The van der Waals surface area contributed by atoms with Gasteiger partial charge in [-0.3, -0.25) is 0 Å². The van der Waals surface area contributed by atoms with Gasteiger partial charge in [0.25, 0.3) is 0 Å². The molecule has 0 unspecified atom stereocenters. The zero-order valence-electron chi connectivity index (χ0n) is 9.44. The fourth-order valence-corrected chi connectivity index (χ4v) is 1.60. The van der Waals surface area contributed by atoms with Gasteiger partial charge < -0.3 is 9.52 Å². The van der Waals surface area contributed by atoms with Crippen molar-refractivity contribution in [2.75, 3.05) is 0 Å². The van der Waals surface area contributed by atoms with Gasteiger partial charge in [-0.1, -0.05) is 18.2 Å². The van der Waals surface area contributed by atoms with Crippen LogP contribution in [0.25, 0.3) is 0 Å². The largest absolute Gasteiger partial charge is 0.476 e. The van der Waals surface area contributed by atoms with Gasteiger partial charge in [-0.25, -0.2) is 9.78 Å². The quantitative estimate of drug-likeness (QED) is 0.932. The van der Waals surface area contributed by atoms with Crippen molar-refractivity contribution in [1.82, 2.24) is 4.98 Å². The molecule has 0 fully saturated rings. The summed E-state index contributed by atoms with van der Waals surface area (Å²) in [5.74, 6) is -1.37. The summed E-state index contributed by atoms with van der Waals surface area (Å²) in [6.07, 6.45) is -3.80. The summed E-state index contributed by atoms with van der Waals surface area (Å²) in [5, 5.41) is 8.65. The maximum absolute atomic E-state index is 12.7. The Labute approximate surface area is 105 Å². The summed E-state index contributed by atoms with van der Waals surface area (Å²) in [6, 6.07) is 5.00. The summed E-state index contributed by atoms with van der Waals surface area (Å²) in [6.45, 7) is 0. The van der Waals surface area contributed by atoms with Crippen molar-refractivity contribution in [3.8, 4) is 0 Å². The number of benzene rings is 1. The molecule has 1 heterocycles. The molecule has 0 amide bonds. The number of carboxylic acid groups (broad SMARTS) is 1. The van der Waals surface area contributed by atoms with E-state index in [0.29, 0.717) is 0 Å². The first-order chi connectivity index (χ1) is 8.88. The highest BCUT2D eigenvalue weighted by atomic mass is 19.4. The lowest BCUT2D eigenvalue weighted by Crippen LogP contribution is -2.09. The molecule has 2 aromatic rings. The first kappa shape index (κ1) is 13.1. The number of hydrogen-bond donors (Lipinski definition) is 1. The molecule has 4 nitrogen and oxygen atoms in total. The number of halogens is 3. The minimum absolute atomic E-state index is 0.0196. The Balaban J connectivity index is 2.30. The van der Waals surface area contributed by atoms with Crippen LogP contribution in [-0.4, -0.2) is 16.1 Å². The molecule has 0 aliphatic heterocycles. The van der Waals surface area contributed by atoms with E-state index in [2.05, 4.69) is 4.98 Å². The lowest BCUT2D eigenvalue weighted by molar-refractivity contribution is -0.138. The third kappa shape index (κ3) is 2.93. The van der Waals surface area contributed by atoms with E-state index < -0.39 is 17.7 Å². The van der Waals surface area contributed by atoms with E-state index in [1.807, 2.05) is 0 Å². The first-order valence-electron chi connectivity index (χ1n) is 5.20. The Hall–Kier alpha value is -2.31. The second kappa shape index (κ2) is 4.75. The molecule has 0 bridgehead atoms. The minimum Gasteiger partial charge on any atom is -0.476 e. The second-order valence-electron chi connectivity index (χ2n) is 3.76. The molecule has 0 aliphatic rings. The Morgan fingerprint density at radius 1 is 1.32 bits per heavy atom. The van der Waals surface area contributed by atoms with Crippen LogP contribution in [-0.2, 0) is 12.6 Å². The van der Waals surface area contributed by atoms with Crippen LogP contribution in [0.2, 0.25) is 0 Å². The summed E-state index contributed by atoms with van der Waals surface area (Å²) in [7, 11) is 0. The molecule has 19 heavy (non-hydrogen) atoms. The van der Waals surface area contributed by atoms with Crippen molar-refractivity contribution in [2.45, 2.75) is 12.6 Å². The van der Waals surface area contributed by atoms with Crippen molar-refractivity contribution in [3.63, 3.8) is 0 Å². The molecule has 100 valence electrons. The fraction of sp³-hybridized carbons (Fsp3) is 0.167. The van der Waals surface area contributed by atoms with E-state index in [9.17, 15) is 18.0 Å². The van der Waals surface area contributed by atoms with E-state index in [4.69, 9.17) is 9.52 Å². The smallest absolute Gasteiger partial charge is 0.416 e. The number of rotatable bonds is 3. The van der Waals surface area contributed by atoms with Gasteiger partial charge in [0.05, 0.1) is 5.56 Å². The Morgan fingerprint density at radius 3 is 2.58 bits per heavy atom. The molecule has 2 rings (SSSR count). The number of oxazole rings is 1. The third-order valence-electron chi connectivity index (χ3n) is 2.44. The van der Waals surface area contributed by atoms with Gasteiger partial charge in [0.15, 0.2) is 11.6 Å². The molecule has 0 saturated heterocycles. The molecule has 1 aromatic carbocycles. The van der Waals surface area contributed by atoms with E-state index in [1.54, 1.807) is 0 Å². The molecule has 0 atom stereocenters. The van der Waals surface area contributed by atoms with Crippen molar-refractivity contribution in [1.29, 1.82) is 0 Å². The standard InChI is InChI=1S/C12H8F3NO3/c13-12(14,15)8-4-2-1-3-7(8)5-10-16-9(6-19-10)11(17)18/h1-4,6H,5H2,(H,17,18). The summed E-state index contributed by atoms with van der Waals surface area (Å²) in [4.78, 5) is 14.2. The Morgan fingerprint density at radius 2 is 2.00 bits per heavy atom. The van der Waals surface area contributed by atoms with Crippen molar-refractivity contribution < 1.29 is 27.5 Å². The number of nitrogens with zero attached hydrogens (tertiary/aromatic N) is 1. The molecule has 1 N–H and O–H groups in total. The van der Waals surface area contributed by atoms with Crippen LogP contribution >= 0.6 is 0 Å². The number of carboxylic acids is 1. The number of alkyl halides is 3. The van der Waals surface area contributed by atoms with Gasteiger partial charge in [0, 0.05) is 6.42 Å². The van der Waals surface area contributed by atoms with Crippen LogP contribution in [0.15, 0.2) is 34.9 Å². The first-order valence-corrected chi connectivity index (χ1v) is 5.20. The van der Waals surface area contributed by atoms with Gasteiger partial charge in [-0.2, -0.15) is 13.2 Å². The fourth-order valence-electron chi connectivity index (χ4n) is 1.60. The molecule has 0 spiro atoms. The lowest BCUT2D eigenvalue weighted by Gasteiger charge is -2.10. The van der Waals surface area contributed by atoms with Crippen LogP contribution in [0.4, 0.5) is 13.2 Å². The predicted molar refractivity (Wildman–Crippen MR) is 57.7 cm³/mol. The highest BCUT2D eigenvalue weighted by Gasteiger charge is 2.33. The van der Waals surface area contributed by atoms with Gasteiger partial charge in [0.1, 0.15) is 6.26 Å². The lowest BCUT2D eigenvalue weighted by atomic mass is 10.0. The molecule has 0 saturated carbocycles. The number of aromatic carboxylic acids is 1. The monoisotopic (exact) mass is 271 g/mol. The number of hydrogen-bond acceptors (Lipinski definition) is 3. The highest BCUT2D eigenvalue weighted by Crippen LogP contribution is 2.32. The van der Waals surface area contributed by atoms with Gasteiger partial charge >= 0.3 is 12.1 Å². The van der Waals surface area contributed by atoms with Crippen LogP contribution < -0.4 is 0 Å². The van der Waals surface area contributed by atoms with Gasteiger partial charge in [-0.05, 0) is 11.6 Å². The molecule has 1 aromatic heterocycles. The Kier molecular flexibility index (Phi) is 3.28. The van der Waals surface area contributed by atoms with Crippen molar-refractivity contribution >= 4 is 5.97 Å². The molecular formula is C12H8F3NO3. The predicted octanol–water partition coefficient (Wildman–Crippen LogP) is 2.98. The maximum atomic E-state index is 12.7. The average Bonchev–Trinajstić information content (AvgIpc) is 2.77. The van der Waals surface area contributed by atoms with Crippen molar-refractivity contribution in [2.24, 2.45) is 0 Å². The average molecular weight is 271 g/mol. The topological polar surface area (TPSA) is 63.3 Å². The van der Waals surface area contributed by atoms with E-state index >= 15 is 0 Å². The highest BCUT2D eigenvalue weighted by molar-refractivity contribution is 5.84. The summed E-state index contributed by atoms with van der Waals surface area (Å²) in [5.41, 5.74) is -1.14. The number of carbonyl (C=O) groups is 1. The Bertz CT molecular complexity index is 604. The van der Waals surface area contributed by atoms with Crippen LogP contribution in [0.1, 0.15) is 27.5 Å². The van der Waals surface area contributed by atoms with Gasteiger partial charge in [-0.15, -0.1) is 0 Å². The molecule has 0 radical (unpaired) electrons. The normalized spacial score (nSPS) is 11.5. The molecule has 7 heteroatoms. The minimum atomic E-state index is -4.47. The van der Waals surface area contributed by atoms with E-state index in [0.717, 1.165) is 12.3 Å². The van der Waals surface area contributed by atoms with Crippen LogP contribution in [0.5, 0.6) is 0 Å². The number of aromatic nitrogens is 1. The zero-order chi connectivity index (χ0) is 14.0. The van der Waals surface area contributed by atoms with Crippen LogP contribution in [0.3, 0.4) is 0 Å². The SMILES string of the molecule is O=C(O)c1coc(Cc2ccccc2C(F)(F)F)n1. The van der Waals surface area contributed by atoms with Crippen molar-refractivity contribution in [3.05, 3.63) is 53.2 Å². The summed E-state index contributed by atoms with van der Waals surface area (Å²) >= 11 is 0. The van der Waals surface area contributed by atoms with Crippen LogP contribution in [0, 0.1) is 0 Å². The van der Waals surface area contributed by atoms with E-state index in [-0.39, 0.29) is 23.6 Å². The molecule has 0 aliphatic carbocycles.